The highest BCUT2D eigenvalue weighted by Gasteiger charge is 2.48. The van der Waals surface area contributed by atoms with Crippen LogP contribution in [-0.2, 0) is 14.4 Å². The molecule has 0 bridgehead atoms. The van der Waals surface area contributed by atoms with E-state index in [2.05, 4.69) is 0 Å². The first kappa shape index (κ1) is 13.7. The number of nitrogens with zero attached hydrogens (tertiary/aromatic N) is 2. The summed E-state index contributed by atoms with van der Waals surface area (Å²) in [4.78, 5) is 38.5. The highest BCUT2D eigenvalue weighted by Crippen LogP contribution is 2.45. The minimum absolute atomic E-state index is 0.0000435. The number of carboxylic acid groups (broad SMARTS) is 1. The van der Waals surface area contributed by atoms with Crippen LogP contribution in [0, 0.1) is 5.92 Å². The second-order valence-electron chi connectivity index (χ2n) is 5.64. The van der Waals surface area contributed by atoms with E-state index in [1.54, 1.807) is 16.7 Å². The standard InChI is InChI=1S/C13H18N2O4S/c16-10-2-1-5-14(10)6-11(17)15-9(13(18)19)7-20-12(15)8-3-4-8/h8-9,12H,1-7H2,(H,18,19). The van der Waals surface area contributed by atoms with Gasteiger partial charge in [0.2, 0.25) is 11.8 Å². The van der Waals surface area contributed by atoms with E-state index in [1.165, 1.54) is 4.90 Å². The molecule has 1 saturated carbocycles. The van der Waals surface area contributed by atoms with E-state index in [9.17, 15) is 19.5 Å². The first-order chi connectivity index (χ1) is 9.58. The maximum absolute atomic E-state index is 12.5. The number of carboxylic acids is 1. The molecule has 6 nitrogen and oxygen atoms in total. The van der Waals surface area contributed by atoms with Crippen LogP contribution in [0.5, 0.6) is 0 Å². The van der Waals surface area contributed by atoms with Gasteiger partial charge in [-0.2, -0.15) is 0 Å². The second-order valence-corrected chi connectivity index (χ2v) is 6.78. The number of hydrogen-bond donors (Lipinski definition) is 1. The zero-order valence-corrected chi connectivity index (χ0v) is 12.0. The number of hydrogen-bond acceptors (Lipinski definition) is 4. The Labute approximate surface area is 121 Å². The highest BCUT2D eigenvalue weighted by molar-refractivity contribution is 8.00. The second kappa shape index (κ2) is 5.27. The molecule has 1 aliphatic carbocycles. The zero-order valence-electron chi connectivity index (χ0n) is 11.2. The van der Waals surface area contributed by atoms with Crippen LogP contribution >= 0.6 is 11.8 Å². The molecule has 2 heterocycles. The van der Waals surface area contributed by atoms with Crippen molar-refractivity contribution in [3.63, 3.8) is 0 Å². The molecular weight excluding hydrogens is 280 g/mol. The van der Waals surface area contributed by atoms with E-state index in [4.69, 9.17) is 0 Å². The Kier molecular flexibility index (Phi) is 3.62. The third-order valence-electron chi connectivity index (χ3n) is 4.13. The summed E-state index contributed by atoms with van der Waals surface area (Å²) in [7, 11) is 0. The molecule has 7 heteroatoms. The fourth-order valence-corrected chi connectivity index (χ4v) is 4.55. The van der Waals surface area contributed by atoms with Gasteiger partial charge in [0.1, 0.15) is 6.04 Å². The molecule has 3 rings (SSSR count). The smallest absolute Gasteiger partial charge is 0.327 e. The van der Waals surface area contributed by atoms with E-state index < -0.39 is 12.0 Å². The maximum atomic E-state index is 12.5. The fraction of sp³-hybridized carbons (Fsp3) is 0.769. The Morgan fingerprint density at radius 1 is 1.35 bits per heavy atom. The van der Waals surface area contributed by atoms with Crippen molar-refractivity contribution in [2.45, 2.75) is 37.1 Å². The maximum Gasteiger partial charge on any atom is 0.327 e. The third-order valence-corrected chi connectivity index (χ3v) is 5.59. The van der Waals surface area contributed by atoms with Gasteiger partial charge in [0.05, 0.1) is 11.9 Å². The fourth-order valence-electron chi connectivity index (χ4n) is 2.89. The quantitative estimate of drug-likeness (QED) is 0.811. The Balaban J connectivity index is 1.71. The summed E-state index contributed by atoms with van der Waals surface area (Å²) in [6.45, 7) is 0.643. The number of amides is 2. The van der Waals surface area contributed by atoms with E-state index in [0.29, 0.717) is 24.6 Å². The van der Waals surface area contributed by atoms with Crippen LogP contribution in [0.3, 0.4) is 0 Å². The number of carbonyl (C=O) groups excluding carboxylic acids is 2. The molecule has 2 unspecified atom stereocenters. The Morgan fingerprint density at radius 2 is 2.10 bits per heavy atom. The molecule has 2 aliphatic heterocycles. The van der Waals surface area contributed by atoms with Gasteiger partial charge < -0.3 is 14.9 Å². The Hall–Kier alpha value is -1.24. The first-order valence-electron chi connectivity index (χ1n) is 7.01. The molecule has 2 saturated heterocycles. The number of likely N-dealkylation sites (tertiary alicyclic amines) is 1. The number of aliphatic carboxylic acids is 1. The zero-order chi connectivity index (χ0) is 14.3. The van der Waals surface area contributed by atoms with Gasteiger partial charge in [-0.15, -0.1) is 11.8 Å². The lowest BCUT2D eigenvalue weighted by Crippen LogP contribution is -2.50. The van der Waals surface area contributed by atoms with Crippen molar-refractivity contribution < 1.29 is 19.5 Å². The van der Waals surface area contributed by atoms with Gasteiger partial charge in [0.25, 0.3) is 0 Å². The molecule has 0 aromatic carbocycles. The minimum Gasteiger partial charge on any atom is -0.480 e. The number of thioether (sulfide) groups is 1. The number of rotatable bonds is 4. The molecule has 1 N–H and O–H groups in total. The Morgan fingerprint density at radius 3 is 2.65 bits per heavy atom. The van der Waals surface area contributed by atoms with Crippen LogP contribution in [0.4, 0.5) is 0 Å². The molecule has 2 atom stereocenters. The van der Waals surface area contributed by atoms with E-state index >= 15 is 0 Å². The lowest BCUT2D eigenvalue weighted by Gasteiger charge is -2.29. The molecule has 0 radical (unpaired) electrons. The first-order valence-corrected chi connectivity index (χ1v) is 8.06. The van der Waals surface area contributed by atoms with Crippen LogP contribution in [0.2, 0.25) is 0 Å². The van der Waals surface area contributed by atoms with Crippen molar-refractivity contribution in [1.82, 2.24) is 9.80 Å². The van der Waals surface area contributed by atoms with Crippen molar-refractivity contribution in [3.05, 3.63) is 0 Å². The lowest BCUT2D eigenvalue weighted by atomic mass is 10.2. The molecular formula is C13H18N2O4S. The summed E-state index contributed by atoms with van der Waals surface area (Å²) >= 11 is 1.57. The van der Waals surface area contributed by atoms with Crippen LogP contribution in [0.15, 0.2) is 0 Å². The largest absolute Gasteiger partial charge is 0.480 e. The molecule has 20 heavy (non-hydrogen) atoms. The topological polar surface area (TPSA) is 77.9 Å². The van der Waals surface area contributed by atoms with Gasteiger partial charge in [0.15, 0.2) is 0 Å². The highest BCUT2D eigenvalue weighted by atomic mass is 32.2. The van der Waals surface area contributed by atoms with Crippen molar-refractivity contribution in [2.75, 3.05) is 18.8 Å². The molecule has 110 valence electrons. The Bertz CT molecular complexity index is 452. The van der Waals surface area contributed by atoms with Crippen molar-refractivity contribution in [1.29, 1.82) is 0 Å². The van der Waals surface area contributed by atoms with Crippen molar-refractivity contribution in [3.8, 4) is 0 Å². The van der Waals surface area contributed by atoms with Gasteiger partial charge in [-0.1, -0.05) is 0 Å². The predicted octanol–water partition coefficient (Wildman–Crippen LogP) is 0.374. The lowest BCUT2D eigenvalue weighted by molar-refractivity contribution is -0.150. The SMILES string of the molecule is O=C(O)C1CSC(C2CC2)N1C(=O)CN1CCCC1=O. The molecule has 0 aromatic heterocycles. The summed E-state index contributed by atoms with van der Waals surface area (Å²) < 4.78 is 0. The predicted molar refractivity (Wildman–Crippen MR) is 73.1 cm³/mol. The molecule has 2 amide bonds. The summed E-state index contributed by atoms with van der Waals surface area (Å²) in [6.07, 6.45) is 3.42. The normalized spacial score (nSPS) is 30.1. The average Bonchev–Trinajstić information content (AvgIpc) is 3.02. The monoisotopic (exact) mass is 298 g/mol. The van der Waals surface area contributed by atoms with Crippen LogP contribution < -0.4 is 0 Å². The molecule has 3 aliphatic rings. The van der Waals surface area contributed by atoms with Crippen LogP contribution in [0.25, 0.3) is 0 Å². The van der Waals surface area contributed by atoms with E-state index in [-0.39, 0.29) is 23.7 Å². The summed E-state index contributed by atoms with van der Waals surface area (Å²) in [5.41, 5.74) is 0. The van der Waals surface area contributed by atoms with Crippen LogP contribution in [0.1, 0.15) is 25.7 Å². The van der Waals surface area contributed by atoms with Gasteiger partial charge in [-0.05, 0) is 25.2 Å². The van der Waals surface area contributed by atoms with Gasteiger partial charge in [-0.25, -0.2) is 4.79 Å². The van der Waals surface area contributed by atoms with Gasteiger partial charge >= 0.3 is 5.97 Å². The summed E-state index contributed by atoms with van der Waals surface area (Å²) in [5.74, 6) is -0.269. The molecule has 3 fully saturated rings. The molecule has 0 spiro atoms. The minimum atomic E-state index is -0.943. The third kappa shape index (κ3) is 2.51. The van der Waals surface area contributed by atoms with Gasteiger partial charge in [0, 0.05) is 18.7 Å². The van der Waals surface area contributed by atoms with Crippen molar-refractivity contribution in [2.24, 2.45) is 5.92 Å². The van der Waals surface area contributed by atoms with E-state index in [0.717, 1.165) is 19.3 Å². The van der Waals surface area contributed by atoms with Crippen molar-refractivity contribution >= 4 is 29.5 Å². The van der Waals surface area contributed by atoms with Gasteiger partial charge in [-0.3, -0.25) is 9.59 Å². The number of carbonyl (C=O) groups is 3. The van der Waals surface area contributed by atoms with Crippen LogP contribution in [-0.4, -0.2) is 62.9 Å². The van der Waals surface area contributed by atoms with E-state index in [1.807, 2.05) is 0 Å². The summed E-state index contributed by atoms with van der Waals surface area (Å²) in [5, 5.41) is 9.26. The average molecular weight is 298 g/mol. The molecule has 0 aromatic rings. The summed E-state index contributed by atoms with van der Waals surface area (Å²) in [6, 6.07) is -0.740.